The van der Waals surface area contributed by atoms with Crippen molar-refractivity contribution in [1.29, 1.82) is 0 Å². The molecule has 0 rings (SSSR count). The molecule has 0 radical (unpaired) electrons. The van der Waals surface area contributed by atoms with Gasteiger partial charge in [-0.2, -0.15) is 0 Å². The van der Waals surface area contributed by atoms with E-state index in [1.54, 1.807) is 7.11 Å². The maximum atomic E-state index is 9.44. The topological polar surface area (TPSA) is 60.0 Å². The van der Waals surface area contributed by atoms with E-state index in [0.29, 0.717) is 33.0 Å². The first kappa shape index (κ1) is 14.8. The van der Waals surface area contributed by atoms with Crippen molar-refractivity contribution in [1.82, 2.24) is 5.32 Å². The predicted octanol–water partition coefficient (Wildman–Crippen LogP) is -0.364. The van der Waals surface area contributed by atoms with Crippen LogP contribution >= 0.6 is 0 Å². The number of aliphatic hydroxyl groups is 1. The van der Waals surface area contributed by atoms with Gasteiger partial charge in [0, 0.05) is 26.8 Å². The maximum Gasteiger partial charge on any atom is 0.0897 e. The fraction of sp³-hybridized carbons (Fsp3) is 1.00. The molecule has 5 nitrogen and oxygen atoms in total. The normalized spacial score (nSPS) is 13.0. The molecule has 5 heteroatoms. The number of aliphatic hydroxyl groups excluding tert-OH is 1. The van der Waals surface area contributed by atoms with Crippen LogP contribution in [0.4, 0.5) is 0 Å². The van der Waals surface area contributed by atoms with Gasteiger partial charge in [-0.15, -0.1) is 0 Å². The van der Waals surface area contributed by atoms with Crippen molar-refractivity contribution in [3.05, 3.63) is 0 Å². The molecule has 0 saturated carbocycles. The lowest BCUT2D eigenvalue weighted by atomic mass is 10.4. The molecular weight excluding hydrogens is 198 g/mol. The van der Waals surface area contributed by atoms with Gasteiger partial charge in [0.15, 0.2) is 0 Å². The van der Waals surface area contributed by atoms with E-state index in [4.69, 9.17) is 14.2 Å². The molecule has 0 spiro atoms. The highest BCUT2D eigenvalue weighted by molar-refractivity contribution is 4.57. The average molecular weight is 221 g/mol. The number of nitrogens with one attached hydrogen (secondary N) is 1. The van der Waals surface area contributed by atoms with Gasteiger partial charge >= 0.3 is 0 Å². The first-order valence-electron chi connectivity index (χ1n) is 5.34. The van der Waals surface area contributed by atoms with Gasteiger partial charge in [-0.25, -0.2) is 0 Å². The van der Waals surface area contributed by atoms with Crippen LogP contribution in [0.25, 0.3) is 0 Å². The highest BCUT2D eigenvalue weighted by Crippen LogP contribution is 1.84. The van der Waals surface area contributed by atoms with Crippen molar-refractivity contribution < 1.29 is 19.3 Å². The summed E-state index contributed by atoms with van der Waals surface area (Å²) in [5.74, 6) is 0. The van der Waals surface area contributed by atoms with Crippen LogP contribution in [0.3, 0.4) is 0 Å². The molecule has 0 aromatic rings. The Balaban J connectivity index is 3.08. The minimum atomic E-state index is -0.469. The van der Waals surface area contributed by atoms with Gasteiger partial charge < -0.3 is 24.6 Å². The number of rotatable bonds is 11. The number of hydrogen-bond acceptors (Lipinski definition) is 5. The third-order valence-corrected chi connectivity index (χ3v) is 1.75. The smallest absolute Gasteiger partial charge is 0.0897 e. The fourth-order valence-electron chi connectivity index (χ4n) is 0.978. The Morgan fingerprint density at radius 1 is 1.20 bits per heavy atom. The molecule has 92 valence electrons. The second-order valence-electron chi connectivity index (χ2n) is 3.12. The molecule has 1 atom stereocenters. The molecular formula is C10H23NO4. The predicted molar refractivity (Wildman–Crippen MR) is 58.1 cm³/mol. The van der Waals surface area contributed by atoms with Crippen LogP contribution in [-0.2, 0) is 14.2 Å². The number of methoxy groups -OCH3 is 1. The molecule has 15 heavy (non-hydrogen) atoms. The van der Waals surface area contributed by atoms with Crippen molar-refractivity contribution in [3.8, 4) is 0 Å². The monoisotopic (exact) mass is 221 g/mol. The zero-order chi connectivity index (χ0) is 11.4. The standard InChI is InChI=1S/C10H23NO4/c1-3-14-5-4-11-8-10(12)9-15-7-6-13-2/h10-12H,3-9H2,1-2H3. The van der Waals surface area contributed by atoms with Gasteiger partial charge in [-0.3, -0.25) is 0 Å². The minimum Gasteiger partial charge on any atom is -0.389 e. The van der Waals surface area contributed by atoms with E-state index in [0.717, 1.165) is 13.2 Å². The summed E-state index contributed by atoms with van der Waals surface area (Å²) in [5, 5.41) is 12.5. The van der Waals surface area contributed by atoms with Crippen molar-refractivity contribution in [3.63, 3.8) is 0 Å². The highest BCUT2D eigenvalue weighted by Gasteiger charge is 2.02. The molecule has 0 saturated heterocycles. The SMILES string of the molecule is CCOCCNCC(O)COCCOC. The van der Waals surface area contributed by atoms with Crippen molar-refractivity contribution >= 4 is 0 Å². The van der Waals surface area contributed by atoms with Gasteiger partial charge in [-0.05, 0) is 6.92 Å². The number of hydrogen-bond donors (Lipinski definition) is 2. The summed E-state index contributed by atoms with van der Waals surface area (Å²) in [4.78, 5) is 0. The van der Waals surface area contributed by atoms with Gasteiger partial charge in [-0.1, -0.05) is 0 Å². The molecule has 0 aliphatic carbocycles. The summed E-state index contributed by atoms with van der Waals surface area (Å²) in [6, 6.07) is 0. The molecule has 0 fully saturated rings. The van der Waals surface area contributed by atoms with E-state index in [1.165, 1.54) is 0 Å². The zero-order valence-corrected chi connectivity index (χ0v) is 9.70. The van der Waals surface area contributed by atoms with Crippen LogP contribution in [0.15, 0.2) is 0 Å². The van der Waals surface area contributed by atoms with Gasteiger partial charge in [0.2, 0.25) is 0 Å². The average Bonchev–Trinajstić information content (AvgIpc) is 2.24. The Kier molecular flexibility index (Phi) is 11.7. The summed E-state index contributed by atoms with van der Waals surface area (Å²) in [7, 11) is 1.62. The lowest BCUT2D eigenvalue weighted by molar-refractivity contribution is 0.0132. The van der Waals surface area contributed by atoms with Crippen molar-refractivity contribution in [2.24, 2.45) is 0 Å². The summed E-state index contributed by atoms with van der Waals surface area (Å²) >= 11 is 0. The zero-order valence-electron chi connectivity index (χ0n) is 9.70. The lowest BCUT2D eigenvalue weighted by Gasteiger charge is -2.12. The van der Waals surface area contributed by atoms with E-state index in [2.05, 4.69) is 5.32 Å². The Bertz CT molecular complexity index is 124. The van der Waals surface area contributed by atoms with E-state index < -0.39 is 6.10 Å². The number of ether oxygens (including phenoxy) is 3. The lowest BCUT2D eigenvalue weighted by Crippen LogP contribution is -2.32. The Morgan fingerprint density at radius 2 is 2.00 bits per heavy atom. The maximum absolute atomic E-state index is 9.44. The van der Waals surface area contributed by atoms with Crippen molar-refractivity contribution in [2.45, 2.75) is 13.0 Å². The summed E-state index contributed by atoms with van der Waals surface area (Å²) in [6.07, 6.45) is -0.469. The molecule has 2 N–H and O–H groups in total. The quantitative estimate of drug-likeness (QED) is 0.466. The van der Waals surface area contributed by atoms with Crippen LogP contribution in [0.1, 0.15) is 6.92 Å². The van der Waals surface area contributed by atoms with Crippen molar-refractivity contribution in [2.75, 3.05) is 53.2 Å². The highest BCUT2D eigenvalue weighted by atomic mass is 16.5. The summed E-state index contributed by atoms with van der Waals surface area (Å²) in [6.45, 7) is 6.06. The molecule has 0 heterocycles. The van der Waals surface area contributed by atoms with E-state index in [9.17, 15) is 5.11 Å². The molecule has 0 aliphatic rings. The van der Waals surface area contributed by atoms with Gasteiger partial charge in [0.25, 0.3) is 0 Å². The third kappa shape index (κ3) is 11.7. The van der Waals surface area contributed by atoms with Crippen LogP contribution in [0.2, 0.25) is 0 Å². The van der Waals surface area contributed by atoms with E-state index in [-0.39, 0.29) is 0 Å². The molecule has 0 bridgehead atoms. The second-order valence-corrected chi connectivity index (χ2v) is 3.12. The van der Waals surface area contributed by atoms with E-state index >= 15 is 0 Å². The Hall–Kier alpha value is -0.200. The summed E-state index contributed by atoms with van der Waals surface area (Å²) in [5.41, 5.74) is 0. The second kappa shape index (κ2) is 11.9. The largest absolute Gasteiger partial charge is 0.389 e. The first-order valence-corrected chi connectivity index (χ1v) is 5.34. The van der Waals surface area contributed by atoms with Crippen LogP contribution in [0, 0.1) is 0 Å². The van der Waals surface area contributed by atoms with Gasteiger partial charge in [0.05, 0.1) is 32.5 Å². The molecule has 0 aliphatic heterocycles. The summed E-state index contributed by atoms with van der Waals surface area (Å²) < 4.78 is 15.1. The van der Waals surface area contributed by atoms with E-state index in [1.807, 2.05) is 6.92 Å². The Morgan fingerprint density at radius 3 is 2.67 bits per heavy atom. The Labute approximate surface area is 91.7 Å². The molecule has 1 unspecified atom stereocenters. The van der Waals surface area contributed by atoms with Crippen LogP contribution in [-0.4, -0.2) is 64.4 Å². The van der Waals surface area contributed by atoms with Crippen LogP contribution < -0.4 is 5.32 Å². The fourth-order valence-corrected chi connectivity index (χ4v) is 0.978. The molecule has 0 amide bonds. The van der Waals surface area contributed by atoms with Crippen LogP contribution in [0.5, 0.6) is 0 Å². The molecule has 0 aromatic heterocycles. The van der Waals surface area contributed by atoms with Gasteiger partial charge in [0.1, 0.15) is 0 Å². The minimum absolute atomic E-state index is 0.338. The molecule has 0 aromatic carbocycles. The third-order valence-electron chi connectivity index (χ3n) is 1.75. The first-order chi connectivity index (χ1) is 7.31.